The quantitative estimate of drug-likeness (QED) is 0.0330. The second-order valence-corrected chi connectivity index (χ2v) is 21.9. The van der Waals surface area contributed by atoms with Gasteiger partial charge in [-0.2, -0.15) is 0 Å². The van der Waals surface area contributed by atoms with Gasteiger partial charge in [0.25, 0.3) is 0 Å². The largest absolute Gasteiger partial charge is 0.394 e. The number of rotatable bonds is 54. The maximum Gasteiger partial charge on any atom is 0.220 e. The van der Waals surface area contributed by atoms with E-state index in [4.69, 9.17) is 9.47 Å². The van der Waals surface area contributed by atoms with Crippen LogP contribution in [0.1, 0.15) is 322 Å². The monoisotopic (exact) mass is 982 g/mol. The van der Waals surface area contributed by atoms with E-state index < -0.39 is 49.5 Å². The summed E-state index contributed by atoms with van der Waals surface area (Å²) in [5, 5.41) is 54.7. The van der Waals surface area contributed by atoms with E-state index in [9.17, 15) is 30.3 Å². The van der Waals surface area contributed by atoms with Crippen LogP contribution >= 0.6 is 0 Å². The molecule has 1 rings (SSSR count). The molecule has 0 spiro atoms. The summed E-state index contributed by atoms with van der Waals surface area (Å²) in [5.41, 5.74) is 0. The van der Waals surface area contributed by atoms with Crippen LogP contribution in [0.4, 0.5) is 0 Å². The second-order valence-electron chi connectivity index (χ2n) is 21.9. The SMILES string of the molecule is CCCCCCCCCCCCCCCCCCCCCCCCCCCCCCCCCC(=O)N[C@@H](CO[C@@H]1O[C@H](CO)[C@@H](O)C(O)C1O)[C@H](O)CCCCCCCCCCCCCCCCC. The maximum atomic E-state index is 13.1. The Kier molecular flexibility index (Phi) is 48.7. The number of hydrogen-bond donors (Lipinski definition) is 6. The lowest BCUT2D eigenvalue weighted by molar-refractivity contribution is -0.302. The molecule has 412 valence electrons. The molecular weight excluding hydrogens is 863 g/mol. The van der Waals surface area contributed by atoms with Gasteiger partial charge in [0.15, 0.2) is 6.29 Å². The number of amides is 1. The molecule has 9 heteroatoms. The molecule has 0 bridgehead atoms. The number of carbonyl (C=O) groups is 1. The zero-order chi connectivity index (χ0) is 50.1. The third kappa shape index (κ3) is 40.3. The minimum absolute atomic E-state index is 0.131. The first-order valence-electron chi connectivity index (χ1n) is 30.7. The highest BCUT2D eigenvalue weighted by molar-refractivity contribution is 5.76. The fraction of sp³-hybridized carbons (Fsp3) is 0.983. The van der Waals surface area contributed by atoms with Gasteiger partial charge in [-0.05, 0) is 12.8 Å². The predicted molar refractivity (Wildman–Crippen MR) is 291 cm³/mol. The van der Waals surface area contributed by atoms with Crippen molar-refractivity contribution in [1.82, 2.24) is 5.32 Å². The zero-order valence-corrected chi connectivity index (χ0v) is 45.9. The van der Waals surface area contributed by atoms with E-state index >= 15 is 0 Å². The van der Waals surface area contributed by atoms with Gasteiger partial charge in [-0.3, -0.25) is 4.79 Å². The Labute approximate surface area is 427 Å². The van der Waals surface area contributed by atoms with E-state index in [-0.39, 0.29) is 12.5 Å². The van der Waals surface area contributed by atoms with Crippen molar-refractivity contribution in [3.8, 4) is 0 Å². The predicted octanol–water partition coefficient (Wildman–Crippen LogP) is 15.4. The molecule has 0 aromatic rings. The molecule has 0 radical (unpaired) electrons. The molecule has 6 N–H and O–H groups in total. The lowest BCUT2D eigenvalue weighted by atomic mass is 9.99. The van der Waals surface area contributed by atoms with Gasteiger partial charge in [-0.15, -0.1) is 0 Å². The lowest BCUT2D eigenvalue weighted by Crippen LogP contribution is -2.60. The second kappa shape index (κ2) is 50.7. The topological polar surface area (TPSA) is 149 Å². The highest BCUT2D eigenvalue weighted by Gasteiger charge is 2.44. The Morgan fingerprint density at radius 3 is 1.03 bits per heavy atom. The highest BCUT2D eigenvalue weighted by Crippen LogP contribution is 2.24. The third-order valence-corrected chi connectivity index (χ3v) is 15.2. The molecule has 69 heavy (non-hydrogen) atoms. The van der Waals surface area contributed by atoms with Crippen molar-refractivity contribution in [2.75, 3.05) is 13.2 Å². The Balaban J connectivity index is 2.09. The van der Waals surface area contributed by atoms with Crippen molar-refractivity contribution in [1.29, 1.82) is 0 Å². The molecule has 1 heterocycles. The number of aliphatic hydroxyl groups is 5. The fourth-order valence-corrected chi connectivity index (χ4v) is 10.3. The number of hydrogen-bond acceptors (Lipinski definition) is 8. The first-order chi connectivity index (χ1) is 33.8. The normalized spacial score (nSPS) is 19.3. The number of ether oxygens (including phenoxy) is 2. The summed E-state index contributed by atoms with van der Waals surface area (Å²) >= 11 is 0. The van der Waals surface area contributed by atoms with Crippen LogP contribution < -0.4 is 5.32 Å². The summed E-state index contributed by atoms with van der Waals surface area (Å²) in [6, 6.07) is -0.713. The van der Waals surface area contributed by atoms with Gasteiger partial charge in [-0.1, -0.05) is 303 Å². The minimum Gasteiger partial charge on any atom is -0.394 e. The molecule has 0 aromatic heterocycles. The summed E-state index contributed by atoms with van der Waals surface area (Å²) < 4.78 is 11.3. The average molecular weight is 983 g/mol. The molecule has 1 fully saturated rings. The average Bonchev–Trinajstić information content (AvgIpc) is 3.35. The van der Waals surface area contributed by atoms with Crippen molar-refractivity contribution in [2.45, 2.75) is 365 Å². The van der Waals surface area contributed by atoms with Crippen molar-refractivity contribution in [3.63, 3.8) is 0 Å². The molecule has 7 atom stereocenters. The van der Waals surface area contributed by atoms with Crippen LogP contribution in [0.2, 0.25) is 0 Å². The summed E-state index contributed by atoms with van der Waals surface area (Å²) in [6.07, 6.45) is 54.4. The number of carbonyl (C=O) groups excluding carboxylic acids is 1. The standard InChI is InChI=1S/C60H119NO8/c1-3-5-7-9-11-13-15-17-19-20-21-22-23-24-25-26-27-28-29-30-31-32-33-34-36-38-40-42-44-46-48-50-56(64)61-53(52-68-60-59(67)58(66)57(65)55(51-62)69-60)54(63)49-47-45-43-41-39-37-35-18-16-14-12-10-8-6-4-2/h53-55,57-60,62-63,65-67H,3-52H2,1-2H3,(H,61,64)/t53-,54+,55+,57+,58?,59?,60+/m0/s1. The maximum absolute atomic E-state index is 13.1. The first kappa shape index (κ1) is 66.2. The van der Waals surface area contributed by atoms with Gasteiger partial charge in [0.2, 0.25) is 5.91 Å². The number of aliphatic hydroxyl groups excluding tert-OH is 5. The number of nitrogens with one attached hydrogen (secondary N) is 1. The molecule has 0 saturated carbocycles. The molecule has 0 aromatic carbocycles. The summed E-state index contributed by atoms with van der Waals surface area (Å²) in [4.78, 5) is 13.1. The first-order valence-corrected chi connectivity index (χ1v) is 30.7. The van der Waals surface area contributed by atoms with E-state index in [1.165, 1.54) is 257 Å². The van der Waals surface area contributed by atoms with Gasteiger partial charge >= 0.3 is 0 Å². The van der Waals surface area contributed by atoms with E-state index in [2.05, 4.69) is 19.2 Å². The van der Waals surface area contributed by atoms with Crippen LogP contribution in [0.25, 0.3) is 0 Å². The lowest BCUT2D eigenvalue weighted by Gasteiger charge is -2.40. The van der Waals surface area contributed by atoms with E-state index in [1.54, 1.807) is 0 Å². The molecule has 1 amide bonds. The molecule has 9 nitrogen and oxygen atoms in total. The van der Waals surface area contributed by atoms with E-state index in [0.29, 0.717) is 12.8 Å². The fourth-order valence-electron chi connectivity index (χ4n) is 10.3. The summed E-state index contributed by atoms with van der Waals surface area (Å²) in [7, 11) is 0. The highest BCUT2D eigenvalue weighted by atomic mass is 16.7. The Morgan fingerprint density at radius 1 is 0.435 bits per heavy atom. The molecule has 1 aliphatic rings. The Morgan fingerprint density at radius 2 is 0.725 bits per heavy atom. The van der Waals surface area contributed by atoms with Gasteiger partial charge in [0, 0.05) is 6.42 Å². The van der Waals surface area contributed by atoms with Gasteiger partial charge in [0.05, 0.1) is 25.4 Å². The smallest absolute Gasteiger partial charge is 0.220 e. The van der Waals surface area contributed by atoms with E-state index in [0.717, 1.165) is 38.5 Å². The minimum atomic E-state index is -1.55. The summed E-state index contributed by atoms with van der Waals surface area (Å²) in [6.45, 7) is 3.88. The Hall–Kier alpha value is -0.810. The van der Waals surface area contributed by atoms with Gasteiger partial charge < -0.3 is 40.3 Å². The van der Waals surface area contributed by atoms with Crippen LogP contribution in [0, 0.1) is 0 Å². The molecular formula is C60H119NO8. The van der Waals surface area contributed by atoms with Crippen LogP contribution in [0.3, 0.4) is 0 Å². The Bertz CT molecular complexity index is 1050. The third-order valence-electron chi connectivity index (χ3n) is 15.2. The van der Waals surface area contributed by atoms with Crippen molar-refractivity contribution < 1.29 is 39.8 Å². The summed E-state index contributed by atoms with van der Waals surface area (Å²) in [5.74, 6) is -0.136. The van der Waals surface area contributed by atoms with Crippen LogP contribution in [-0.4, -0.2) is 87.5 Å². The molecule has 2 unspecified atom stereocenters. The molecule has 1 saturated heterocycles. The molecule has 0 aliphatic carbocycles. The molecule has 1 aliphatic heterocycles. The zero-order valence-electron chi connectivity index (χ0n) is 45.9. The van der Waals surface area contributed by atoms with Crippen molar-refractivity contribution in [3.05, 3.63) is 0 Å². The van der Waals surface area contributed by atoms with Crippen molar-refractivity contribution in [2.24, 2.45) is 0 Å². The van der Waals surface area contributed by atoms with Crippen LogP contribution in [0.5, 0.6) is 0 Å². The van der Waals surface area contributed by atoms with E-state index in [1.807, 2.05) is 0 Å². The van der Waals surface area contributed by atoms with Crippen LogP contribution in [-0.2, 0) is 14.3 Å². The van der Waals surface area contributed by atoms with Gasteiger partial charge in [-0.25, -0.2) is 0 Å². The number of unbranched alkanes of at least 4 members (excludes halogenated alkanes) is 44. The van der Waals surface area contributed by atoms with Crippen molar-refractivity contribution >= 4 is 5.91 Å². The van der Waals surface area contributed by atoms with Crippen LogP contribution in [0.15, 0.2) is 0 Å². The van der Waals surface area contributed by atoms with Gasteiger partial charge in [0.1, 0.15) is 24.4 Å².